The van der Waals surface area contributed by atoms with Gasteiger partial charge in [-0.25, -0.2) is 4.79 Å². The van der Waals surface area contributed by atoms with Crippen LogP contribution in [-0.4, -0.2) is 14.9 Å². The molecule has 0 unspecified atom stereocenters. The SMILES string of the molecule is C=C(OCC)c1c(C)c2ccc(O[Si](C)(C)C(C)(C)C)cc2oc1=O. The van der Waals surface area contributed by atoms with E-state index in [1.807, 2.05) is 26.0 Å². The maximum atomic E-state index is 12.4. The van der Waals surface area contributed by atoms with Crippen molar-refractivity contribution in [1.82, 2.24) is 0 Å². The van der Waals surface area contributed by atoms with Crippen molar-refractivity contribution in [2.24, 2.45) is 0 Å². The zero-order chi connectivity index (χ0) is 19.0. The summed E-state index contributed by atoms with van der Waals surface area (Å²) in [6, 6.07) is 5.67. The third-order valence-electron chi connectivity index (χ3n) is 4.92. The van der Waals surface area contributed by atoms with Crippen LogP contribution in [0.25, 0.3) is 16.7 Å². The van der Waals surface area contributed by atoms with Crippen LogP contribution in [0.1, 0.15) is 38.8 Å². The second-order valence-electron chi connectivity index (χ2n) is 7.77. The molecule has 0 bridgehead atoms. The highest BCUT2D eigenvalue weighted by Gasteiger charge is 2.39. The van der Waals surface area contributed by atoms with Gasteiger partial charge in [0.2, 0.25) is 8.32 Å². The molecular formula is C20H28O4Si. The molecule has 0 radical (unpaired) electrons. The van der Waals surface area contributed by atoms with Crippen LogP contribution in [0.4, 0.5) is 0 Å². The van der Waals surface area contributed by atoms with Crippen LogP contribution in [0.3, 0.4) is 0 Å². The van der Waals surface area contributed by atoms with Crippen LogP contribution >= 0.6 is 0 Å². The van der Waals surface area contributed by atoms with Gasteiger partial charge in [-0.3, -0.25) is 0 Å². The van der Waals surface area contributed by atoms with Gasteiger partial charge in [-0.05, 0) is 49.7 Å². The van der Waals surface area contributed by atoms with Crippen LogP contribution in [0.2, 0.25) is 18.1 Å². The third kappa shape index (κ3) is 3.81. The number of rotatable bonds is 5. The highest BCUT2D eigenvalue weighted by atomic mass is 28.4. The van der Waals surface area contributed by atoms with Gasteiger partial charge in [-0.2, -0.15) is 0 Å². The summed E-state index contributed by atoms with van der Waals surface area (Å²) in [6.07, 6.45) is 0. The number of ether oxygens (including phenoxy) is 1. The summed E-state index contributed by atoms with van der Waals surface area (Å²) in [5, 5.41) is 0.954. The van der Waals surface area contributed by atoms with Crippen molar-refractivity contribution in [3.8, 4) is 5.75 Å². The fourth-order valence-electron chi connectivity index (χ4n) is 2.42. The van der Waals surface area contributed by atoms with Gasteiger partial charge in [0.15, 0.2) is 0 Å². The summed E-state index contributed by atoms with van der Waals surface area (Å²) in [5.41, 5.74) is 1.29. The molecule has 1 heterocycles. The lowest BCUT2D eigenvalue weighted by Crippen LogP contribution is -2.43. The van der Waals surface area contributed by atoms with E-state index in [0.29, 0.717) is 23.5 Å². The molecule has 1 aromatic carbocycles. The molecule has 0 amide bonds. The van der Waals surface area contributed by atoms with Gasteiger partial charge in [-0.1, -0.05) is 27.4 Å². The molecule has 0 saturated carbocycles. The molecule has 0 saturated heterocycles. The predicted molar refractivity (Wildman–Crippen MR) is 106 cm³/mol. The fraction of sp³-hybridized carbons (Fsp3) is 0.450. The molecule has 0 aliphatic heterocycles. The van der Waals surface area contributed by atoms with E-state index in [1.54, 1.807) is 6.07 Å². The number of aryl methyl sites for hydroxylation is 1. The van der Waals surface area contributed by atoms with E-state index in [4.69, 9.17) is 13.6 Å². The molecule has 0 atom stereocenters. The normalized spacial score (nSPS) is 12.3. The van der Waals surface area contributed by atoms with Crippen molar-refractivity contribution in [1.29, 1.82) is 0 Å². The van der Waals surface area contributed by atoms with Gasteiger partial charge >= 0.3 is 5.63 Å². The number of hydrogen-bond donors (Lipinski definition) is 0. The molecule has 136 valence electrons. The number of fused-ring (bicyclic) bond motifs is 1. The van der Waals surface area contributed by atoms with Crippen molar-refractivity contribution in [2.45, 2.75) is 52.8 Å². The maximum absolute atomic E-state index is 12.4. The monoisotopic (exact) mass is 360 g/mol. The van der Waals surface area contributed by atoms with E-state index in [2.05, 4.69) is 40.4 Å². The molecule has 0 fully saturated rings. The Bertz CT molecular complexity index is 856. The average Bonchev–Trinajstić information content (AvgIpc) is 2.45. The van der Waals surface area contributed by atoms with Gasteiger partial charge in [0.05, 0.1) is 6.61 Å². The third-order valence-corrected chi connectivity index (χ3v) is 9.27. The highest BCUT2D eigenvalue weighted by Crippen LogP contribution is 2.38. The van der Waals surface area contributed by atoms with E-state index < -0.39 is 13.9 Å². The summed E-state index contributed by atoms with van der Waals surface area (Å²) < 4.78 is 17.2. The largest absolute Gasteiger partial charge is 0.543 e. The molecular weight excluding hydrogens is 332 g/mol. The lowest BCUT2D eigenvalue weighted by atomic mass is 10.0. The Morgan fingerprint density at radius 1 is 1.28 bits per heavy atom. The number of hydrogen-bond acceptors (Lipinski definition) is 4. The van der Waals surface area contributed by atoms with Gasteiger partial charge in [0, 0.05) is 11.5 Å². The van der Waals surface area contributed by atoms with E-state index in [-0.39, 0.29) is 5.04 Å². The van der Waals surface area contributed by atoms with Crippen molar-refractivity contribution >= 4 is 25.0 Å². The molecule has 5 heteroatoms. The van der Waals surface area contributed by atoms with Crippen LogP contribution < -0.4 is 10.1 Å². The summed E-state index contributed by atoms with van der Waals surface area (Å²) in [7, 11) is -1.95. The number of benzene rings is 1. The predicted octanol–water partition coefficient (Wildman–Crippen LogP) is 5.49. The van der Waals surface area contributed by atoms with Gasteiger partial charge in [-0.15, -0.1) is 0 Å². The first-order chi connectivity index (χ1) is 11.5. The molecule has 2 rings (SSSR count). The maximum Gasteiger partial charge on any atom is 0.347 e. The van der Waals surface area contributed by atoms with Crippen molar-refractivity contribution < 1.29 is 13.6 Å². The minimum absolute atomic E-state index is 0.0950. The minimum atomic E-state index is -1.95. The topological polar surface area (TPSA) is 48.7 Å². The van der Waals surface area contributed by atoms with Gasteiger partial charge < -0.3 is 13.6 Å². The van der Waals surface area contributed by atoms with E-state index in [1.165, 1.54) is 0 Å². The Morgan fingerprint density at radius 3 is 2.48 bits per heavy atom. The second kappa shape index (κ2) is 6.71. The Kier molecular flexibility index (Phi) is 5.18. The Balaban J connectivity index is 2.51. The molecule has 2 aromatic rings. The molecule has 0 N–H and O–H groups in total. The highest BCUT2D eigenvalue weighted by molar-refractivity contribution is 6.74. The first kappa shape index (κ1) is 19.3. The Labute approximate surface area is 150 Å². The van der Waals surface area contributed by atoms with Gasteiger partial charge in [0.25, 0.3) is 0 Å². The second-order valence-corrected chi connectivity index (χ2v) is 12.5. The van der Waals surface area contributed by atoms with Crippen molar-refractivity contribution in [3.05, 3.63) is 46.3 Å². The van der Waals surface area contributed by atoms with E-state index in [0.717, 1.165) is 16.7 Å². The Morgan fingerprint density at radius 2 is 1.92 bits per heavy atom. The molecule has 0 aliphatic carbocycles. The van der Waals surface area contributed by atoms with E-state index >= 15 is 0 Å². The van der Waals surface area contributed by atoms with Crippen LogP contribution in [0.5, 0.6) is 5.75 Å². The van der Waals surface area contributed by atoms with Crippen LogP contribution in [-0.2, 0) is 4.74 Å². The van der Waals surface area contributed by atoms with Crippen molar-refractivity contribution in [2.75, 3.05) is 6.61 Å². The fourth-order valence-corrected chi connectivity index (χ4v) is 3.44. The molecule has 0 spiro atoms. The quantitative estimate of drug-likeness (QED) is 0.402. The van der Waals surface area contributed by atoms with E-state index in [9.17, 15) is 4.79 Å². The average molecular weight is 361 g/mol. The minimum Gasteiger partial charge on any atom is -0.543 e. The first-order valence-electron chi connectivity index (χ1n) is 8.56. The van der Waals surface area contributed by atoms with Crippen LogP contribution in [0, 0.1) is 6.92 Å². The summed E-state index contributed by atoms with van der Waals surface area (Å²) >= 11 is 0. The van der Waals surface area contributed by atoms with Gasteiger partial charge in [0.1, 0.15) is 22.7 Å². The molecule has 1 aromatic heterocycles. The summed E-state index contributed by atoms with van der Waals surface area (Å²) in [5.74, 6) is 1.08. The van der Waals surface area contributed by atoms with Crippen molar-refractivity contribution in [3.63, 3.8) is 0 Å². The first-order valence-corrected chi connectivity index (χ1v) is 11.5. The zero-order valence-electron chi connectivity index (χ0n) is 16.3. The smallest absolute Gasteiger partial charge is 0.347 e. The molecule has 4 nitrogen and oxygen atoms in total. The molecule has 0 aliphatic rings. The standard InChI is InChI=1S/C20H28O4Si/c1-9-22-14(3)18-13(2)16-11-10-15(12-17(16)23-19(18)21)24-25(7,8)20(4,5)6/h10-12H,3,9H2,1-2,4-8H3. The van der Waals surface area contributed by atoms with Crippen LogP contribution in [0.15, 0.2) is 34.0 Å². The summed E-state index contributed by atoms with van der Waals surface area (Å²) in [4.78, 5) is 12.4. The summed E-state index contributed by atoms with van der Waals surface area (Å²) in [6.45, 7) is 19.0. The zero-order valence-corrected chi connectivity index (χ0v) is 17.3. The lowest BCUT2D eigenvalue weighted by molar-refractivity contribution is 0.297. The Hall–Kier alpha value is -2.01. The molecule has 25 heavy (non-hydrogen) atoms. The lowest BCUT2D eigenvalue weighted by Gasteiger charge is -2.36.